The Kier molecular flexibility index (Phi) is 5.14. The Morgan fingerprint density at radius 3 is 2.36 bits per heavy atom. The Bertz CT molecular complexity index is 635. The van der Waals surface area contributed by atoms with Gasteiger partial charge in [-0.05, 0) is 55.0 Å². The van der Waals surface area contributed by atoms with Crippen LogP contribution in [-0.4, -0.2) is 23.4 Å². The first kappa shape index (κ1) is 15.6. The van der Waals surface area contributed by atoms with E-state index in [1.165, 1.54) is 12.1 Å². The lowest BCUT2D eigenvalue weighted by molar-refractivity contribution is -0.122. The fourth-order valence-electron chi connectivity index (χ4n) is 1.88. The molecule has 5 heteroatoms. The average molecular weight is 299 g/mol. The van der Waals surface area contributed by atoms with Crippen molar-refractivity contribution in [1.29, 1.82) is 0 Å². The molecule has 2 aromatic rings. The van der Waals surface area contributed by atoms with Gasteiger partial charge in [-0.3, -0.25) is 9.59 Å². The SMILES string of the molecule is CCC(Oc1ccc(C=O)cc1)C(=O)Nc1ccc(O)cc1. The molecule has 0 aromatic heterocycles. The third-order valence-electron chi connectivity index (χ3n) is 3.09. The molecule has 2 rings (SSSR count). The number of hydrogen-bond donors (Lipinski definition) is 2. The van der Waals surface area contributed by atoms with Crippen molar-refractivity contribution in [2.24, 2.45) is 0 Å². The Hall–Kier alpha value is -2.82. The molecule has 0 aliphatic heterocycles. The second-order valence-corrected chi connectivity index (χ2v) is 4.74. The van der Waals surface area contributed by atoms with Gasteiger partial charge in [-0.15, -0.1) is 0 Å². The van der Waals surface area contributed by atoms with Crippen LogP contribution >= 0.6 is 0 Å². The molecule has 0 saturated heterocycles. The van der Waals surface area contributed by atoms with Crippen molar-refractivity contribution in [2.45, 2.75) is 19.4 Å². The highest BCUT2D eigenvalue weighted by atomic mass is 16.5. The zero-order valence-corrected chi connectivity index (χ0v) is 12.2. The molecule has 0 heterocycles. The van der Waals surface area contributed by atoms with Gasteiger partial charge in [-0.2, -0.15) is 0 Å². The van der Waals surface area contributed by atoms with Crippen molar-refractivity contribution >= 4 is 17.9 Å². The predicted octanol–water partition coefficient (Wildman–Crippen LogP) is 3.00. The van der Waals surface area contributed by atoms with Gasteiger partial charge >= 0.3 is 0 Å². The van der Waals surface area contributed by atoms with Crippen LogP contribution in [-0.2, 0) is 4.79 Å². The van der Waals surface area contributed by atoms with Crippen LogP contribution in [0.5, 0.6) is 11.5 Å². The molecule has 0 aliphatic rings. The molecule has 1 amide bonds. The first-order valence-electron chi connectivity index (χ1n) is 6.94. The number of benzene rings is 2. The number of phenolic OH excluding ortho intramolecular Hbond substituents is 1. The van der Waals surface area contributed by atoms with Crippen LogP contribution in [0.15, 0.2) is 48.5 Å². The fraction of sp³-hybridized carbons (Fsp3) is 0.176. The van der Waals surface area contributed by atoms with Crippen LogP contribution in [0.3, 0.4) is 0 Å². The zero-order valence-electron chi connectivity index (χ0n) is 12.2. The smallest absolute Gasteiger partial charge is 0.265 e. The number of rotatable bonds is 6. The minimum absolute atomic E-state index is 0.136. The summed E-state index contributed by atoms with van der Waals surface area (Å²) in [4.78, 5) is 22.8. The number of ether oxygens (including phenoxy) is 1. The molecule has 1 atom stereocenters. The van der Waals surface area contributed by atoms with E-state index in [2.05, 4.69) is 5.32 Å². The first-order valence-corrected chi connectivity index (χ1v) is 6.94. The lowest BCUT2D eigenvalue weighted by Crippen LogP contribution is -2.32. The van der Waals surface area contributed by atoms with Gasteiger partial charge in [0.1, 0.15) is 17.8 Å². The van der Waals surface area contributed by atoms with E-state index in [-0.39, 0.29) is 11.7 Å². The number of phenols is 1. The van der Waals surface area contributed by atoms with Crippen molar-refractivity contribution in [3.63, 3.8) is 0 Å². The molecular weight excluding hydrogens is 282 g/mol. The molecule has 0 fully saturated rings. The lowest BCUT2D eigenvalue weighted by Gasteiger charge is -2.17. The van der Waals surface area contributed by atoms with Crippen LogP contribution in [0.25, 0.3) is 0 Å². The summed E-state index contributed by atoms with van der Waals surface area (Å²) in [6, 6.07) is 12.8. The van der Waals surface area contributed by atoms with E-state index in [1.807, 2.05) is 6.92 Å². The van der Waals surface area contributed by atoms with Gasteiger partial charge in [0.15, 0.2) is 6.10 Å². The van der Waals surface area contributed by atoms with Crippen LogP contribution < -0.4 is 10.1 Å². The standard InChI is InChI=1S/C17H17NO4/c1-2-16(22-15-9-3-12(11-19)4-10-15)17(21)18-13-5-7-14(20)8-6-13/h3-11,16,20H,2H2,1H3,(H,18,21). The molecule has 114 valence electrons. The predicted molar refractivity (Wildman–Crippen MR) is 83.3 cm³/mol. The summed E-state index contributed by atoms with van der Waals surface area (Å²) in [6.45, 7) is 1.85. The summed E-state index contributed by atoms with van der Waals surface area (Å²) in [5, 5.41) is 12.0. The van der Waals surface area contributed by atoms with Crippen molar-refractivity contribution in [3.8, 4) is 11.5 Å². The van der Waals surface area contributed by atoms with E-state index >= 15 is 0 Å². The van der Waals surface area contributed by atoms with Crippen LogP contribution in [0.2, 0.25) is 0 Å². The van der Waals surface area contributed by atoms with E-state index < -0.39 is 6.10 Å². The van der Waals surface area contributed by atoms with Crippen molar-refractivity contribution in [1.82, 2.24) is 0 Å². The van der Waals surface area contributed by atoms with Gasteiger partial charge in [-0.25, -0.2) is 0 Å². The summed E-state index contributed by atoms with van der Waals surface area (Å²) in [7, 11) is 0. The Balaban J connectivity index is 2.01. The average Bonchev–Trinajstić information content (AvgIpc) is 2.55. The number of nitrogens with one attached hydrogen (secondary N) is 1. The third-order valence-corrected chi connectivity index (χ3v) is 3.09. The number of carbonyl (C=O) groups excluding carboxylic acids is 2. The Labute approximate surface area is 128 Å². The van der Waals surface area contributed by atoms with E-state index in [1.54, 1.807) is 36.4 Å². The van der Waals surface area contributed by atoms with Gasteiger partial charge in [-0.1, -0.05) is 6.92 Å². The maximum Gasteiger partial charge on any atom is 0.265 e. The van der Waals surface area contributed by atoms with Gasteiger partial charge in [0.05, 0.1) is 0 Å². The number of aldehydes is 1. The van der Waals surface area contributed by atoms with Crippen molar-refractivity contribution in [3.05, 3.63) is 54.1 Å². The molecule has 2 N–H and O–H groups in total. The second-order valence-electron chi connectivity index (χ2n) is 4.74. The highest BCUT2D eigenvalue weighted by molar-refractivity contribution is 5.94. The van der Waals surface area contributed by atoms with Crippen molar-refractivity contribution in [2.75, 3.05) is 5.32 Å². The summed E-state index contributed by atoms with van der Waals surface area (Å²) in [5.41, 5.74) is 1.13. The number of aromatic hydroxyl groups is 1. The van der Waals surface area contributed by atoms with Gasteiger partial charge in [0.2, 0.25) is 0 Å². The molecule has 0 saturated carbocycles. The maximum absolute atomic E-state index is 12.2. The minimum Gasteiger partial charge on any atom is -0.508 e. The highest BCUT2D eigenvalue weighted by Gasteiger charge is 2.18. The molecule has 0 radical (unpaired) electrons. The van der Waals surface area contributed by atoms with Crippen molar-refractivity contribution < 1.29 is 19.4 Å². The topological polar surface area (TPSA) is 75.6 Å². The monoisotopic (exact) mass is 299 g/mol. The van der Waals surface area contributed by atoms with Gasteiger partial charge in [0.25, 0.3) is 5.91 Å². The molecule has 1 unspecified atom stereocenters. The molecule has 2 aromatic carbocycles. The molecule has 5 nitrogen and oxygen atoms in total. The molecule has 0 spiro atoms. The van der Waals surface area contributed by atoms with Crippen LogP contribution in [0.4, 0.5) is 5.69 Å². The van der Waals surface area contributed by atoms with E-state index in [4.69, 9.17) is 4.74 Å². The van der Waals surface area contributed by atoms with Crippen LogP contribution in [0.1, 0.15) is 23.7 Å². The molecule has 0 bridgehead atoms. The van der Waals surface area contributed by atoms with E-state index in [9.17, 15) is 14.7 Å². The first-order chi connectivity index (χ1) is 10.6. The third kappa shape index (κ3) is 4.09. The molecule has 0 aliphatic carbocycles. The number of anilines is 1. The summed E-state index contributed by atoms with van der Waals surface area (Å²) < 4.78 is 5.64. The highest BCUT2D eigenvalue weighted by Crippen LogP contribution is 2.17. The summed E-state index contributed by atoms with van der Waals surface area (Å²) in [5.74, 6) is 0.391. The normalized spacial score (nSPS) is 11.5. The summed E-state index contributed by atoms with van der Waals surface area (Å²) in [6.07, 6.45) is 0.605. The van der Waals surface area contributed by atoms with Crippen LogP contribution in [0, 0.1) is 0 Å². The molecule has 22 heavy (non-hydrogen) atoms. The number of hydrogen-bond acceptors (Lipinski definition) is 4. The summed E-state index contributed by atoms with van der Waals surface area (Å²) >= 11 is 0. The van der Waals surface area contributed by atoms with Gasteiger partial charge < -0.3 is 15.2 Å². The fourth-order valence-corrected chi connectivity index (χ4v) is 1.88. The quantitative estimate of drug-likeness (QED) is 0.635. The number of carbonyl (C=O) groups is 2. The lowest BCUT2D eigenvalue weighted by atomic mass is 10.2. The largest absolute Gasteiger partial charge is 0.508 e. The van der Waals surface area contributed by atoms with E-state index in [0.29, 0.717) is 23.4 Å². The maximum atomic E-state index is 12.2. The minimum atomic E-state index is -0.643. The second kappa shape index (κ2) is 7.26. The zero-order chi connectivity index (χ0) is 15.9. The van der Waals surface area contributed by atoms with E-state index in [0.717, 1.165) is 6.29 Å². The Morgan fingerprint density at radius 2 is 1.82 bits per heavy atom. The molecular formula is C17H17NO4. The van der Waals surface area contributed by atoms with Gasteiger partial charge in [0, 0.05) is 11.3 Å². The Morgan fingerprint density at radius 1 is 1.18 bits per heavy atom. The number of amides is 1.